The van der Waals surface area contributed by atoms with Gasteiger partial charge in [0.05, 0.1) is 22.7 Å². The molecule has 154 valence electrons. The highest BCUT2D eigenvalue weighted by Crippen LogP contribution is 2.26. The first-order chi connectivity index (χ1) is 14.5. The van der Waals surface area contributed by atoms with Crippen LogP contribution in [0.5, 0.6) is 11.5 Å². The maximum Gasteiger partial charge on any atom is 0.338 e. The van der Waals surface area contributed by atoms with Gasteiger partial charge in [-0.05, 0) is 48.0 Å². The van der Waals surface area contributed by atoms with Gasteiger partial charge in [-0.1, -0.05) is 47.5 Å². The topological polar surface area (TPSA) is 61.8 Å². The predicted molar refractivity (Wildman–Crippen MR) is 115 cm³/mol. The monoisotopic (exact) mass is 444 g/mol. The molecule has 0 aliphatic rings. The number of methoxy groups -OCH3 is 1. The Morgan fingerprint density at radius 1 is 0.833 bits per heavy atom. The van der Waals surface area contributed by atoms with E-state index >= 15 is 0 Å². The highest BCUT2D eigenvalue weighted by molar-refractivity contribution is 6.42. The summed E-state index contributed by atoms with van der Waals surface area (Å²) in [6.07, 6.45) is 0. The van der Waals surface area contributed by atoms with Crippen LogP contribution in [0.15, 0.2) is 66.7 Å². The Balaban J connectivity index is 1.54. The van der Waals surface area contributed by atoms with E-state index in [1.165, 1.54) is 18.2 Å². The molecule has 5 nitrogen and oxygen atoms in total. The van der Waals surface area contributed by atoms with Crippen molar-refractivity contribution < 1.29 is 23.8 Å². The van der Waals surface area contributed by atoms with Gasteiger partial charge in [-0.2, -0.15) is 0 Å². The summed E-state index contributed by atoms with van der Waals surface area (Å²) in [5.41, 5.74) is 1.52. The van der Waals surface area contributed by atoms with Gasteiger partial charge in [0, 0.05) is 5.56 Å². The molecule has 0 fully saturated rings. The molecule has 0 N–H and O–H groups in total. The van der Waals surface area contributed by atoms with Crippen molar-refractivity contribution in [2.24, 2.45) is 0 Å². The van der Waals surface area contributed by atoms with Crippen molar-refractivity contribution in [3.05, 3.63) is 93.5 Å². The van der Waals surface area contributed by atoms with Crippen LogP contribution in [0.3, 0.4) is 0 Å². The molecular weight excluding hydrogens is 427 g/mol. The van der Waals surface area contributed by atoms with E-state index in [-0.39, 0.29) is 10.8 Å². The molecule has 3 rings (SSSR count). The molecule has 7 heteroatoms. The standard InChI is InChI=1S/C23H18Cl2O5/c1-28-21-4-2-3-5-22(21)29-13-15-6-8-16(9-7-15)23(27)30-14-20(26)17-10-11-18(24)19(25)12-17/h2-12H,13-14H2,1H3. The molecule has 30 heavy (non-hydrogen) atoms. The third kappa shape index (κ3) is 5.53. The lowest BCUT2D eigenvalue weighted by atomic mass is 10.1. The minimum Gasteiger partial charge on any atom is -0.493 e. The van der Waals surface area contributed by atoms with Crippen LogP contribution in [-0.4, -0.2) is 25.5 Å². The fourth-order valence-corrected chi connectivity index (χ4v) is 2.90. The number of esters is 1. The van der Waals surface area contributed by atoms with Gasteiger partial charge >= 0.3 is 5.97 Å². The Labute approximate surface area is 184 Å². The third-order valence-electron chi connectivity index (χ3n) is 4.23. The third-order valence-corrected chi connectivity index (χ3v) is 4.97. The van der Waals surface area contributed by atoms with E-state index in [1.807, 2.05) is 24.3 Å². The number of carbonyl (C=O) groups excluding carboxylic acids is 2. The number of carbonyl (C=O) groups is 2. The van der Waals surface area contributed by atoms with Gasteiger partial charge in [0.1, 0.15) is 6.61 Å². The molecule has 0 aliphatic carbocycles. The van der Waals surface area contributed by atoms with Crippen molar-refractivity contribution in [3.63, 3.8) is 0 Å². The van der Waals surface area contributed by atoms with Gasteiger partial charge in [-0.3, -0.25) is 4.79 Å². The minimum atomic E-state index is -0.597. The lowest BCUT2D eigenvalue weighted by molar-refractivity contribution is 0.0474. The highest BCUT2D eigenvalue weighted by atomic mass is 35.5. The second kappa shape index (κ2) is 10.1. The molecule has 0 aliphatic heterocycles. The summed E-state index contributed by atoms with van der Waals surface area (Å²) >= 11 is 11.7. The van der Waals surface area contributed by atoms with Crippen molar-refractivity contribution in [2.45, 2.75) is 6.61 Å². The second-order valence-electron chi connectivity index (χ2n) is 6.26. The van der Waals surface area contributed by atoms with Gasteiger partial charge < -0.3 is 14.2 Å². The zero-order valence-corrected chi connectivity index (χ0v) is 17.6. The zero-order valence-electron chi connectivity index (χ0n) is 16.1. The highest BCUT2D eigenvalue weighted by Gasteiger charge is 2.13. The zero-order chi connectivity index (χ0) is 21.5. The molecule has 0 bridgehead atoms. The Hall–Kier alpha value is -3.02. The Morgan fingerprint density at radius 2 is 1.50 bits per heavy atom. The van der Waals surface area contributed by atoms with Crippen LogP contribution in [-0.2, 0) is 11.3 Å². The quantitative estimate of drug-likeness (QED) is 0.333. The van der Waals surface area contributed by atoms with Crippen molar-refractivity contribution >= 4 is 35.0 Å². The van der Waals surface area contributed by atoms with Gasteiger partial charge in [0.25, 0.3) is 0 Å². The Bertz CT molecular complexity index is 1050. The van der Waals surface area contributed by atoms with Crippen molar-refractivity contribution in [1.29, 1.82) is 0 Å². The Morgan fingerprint density at radius 3 is 2.17 bits per heavy atom. The first-order valence-corrected chi connectivity index (χ1v) is 9.73. The van der Waals surface area contributed by atoms with Crippen LogP contribution in [0.1, 0.15) is 26.3 Å². The largest absolute Gasteiger partial charge is 0.493 e. The smallest absolute Gasteiger partial charge is 0.338 e. The van der Waals surface area contributed by atoms with Crippen molar-refractivity contribution in [3.8, 4) is 11.5 Å². The maximum absolute atomic E-state index is 12.2. The maximum atomic E-state index is 12.2. The molecule has 3 aromatic rings. The number of hydrogen-bond donors (Lipinski definition) is 0. The molecule has 0 saturated heterocycles. The summed E-state index contributed by atoms with van der Waals surface area (Å²) in [7, 11) is 1.58. The Kier molecular flexibility index (Phi) is 7.33. The summed E-state index contributed by atoms with van der Waals surface area (Å²) in [5.74, 6) is 0.304. The summed E-state index contributed by atoms with van der Waals surface area (Å²) in [4.78, 5) is 24.4. The van der Waals surface area contributed by atoms with E-state index < -0.39 is 12.6 Å². The molecule has 0 atom stereocenters. The van der Waals surface area contributed by atoms with Gasteiger partial charge in [-0.15, -0.1) is 0 Å². The fourth-order valence-electron chi connectivity index (χ4n) is 2.60. The molecule has 3 aromatic carbocycles. The van der Waals surface area contributed by atoms with Crippen LogP contribution in [0, 0.1) is 0 Å². The van der Waals surface area contributed by atoms with E-state index in [4.69, 9.17) is 37.4 Å². The first-order valence-electron chi connectivity index (χ1n) is 8.98. The van der Waals surface area contributed by atoms with E-state index in [0.717, 1.165) is 5.56 Å². The number of para-hydroxylation sites is 2. The molecule has 0 aromatic heterocycles. The summed E-state index contributed by atoms with van der Waals surface area (Å²) in [5, 5.41) is 0.611. The van der Waals surface area contributed by atoms with Gasteiger partial charge in [-0.25, -0.2) is 4.79 Å². The van der Waals surface area contributed by atoms with Crippen molar-refractivity contribution in [2.75, 3.05) is 13.7 Å². The van der Waals surface area contributed by atoms with Crippen LogP contribution < -0.4 is 9.47 Å². The van der Waals surface area contributed by atoms with E-state index in [1.54, 1.807) is 31.4 Å². The number of halogens is 2. The number of ketones is 1. The molecule has 0 unspecified atom stereocenters. The molecule has 0 saturated carbocycles. The fraction of sp³-hybridized carbons (Fsp3) is 0.130. The number of ether oxygens (including phenoxy) is 3. The second-order valence-corrected chi connectivity index (χ2v) is 7.08. The molecule has 0 heterocycles. The lowest BCUT2D eigenvalue weighted by Crippen LogP contribution is -2.14. The molecule has 0 spiro atoms. The van der Waals surface area contributed by atoms with Crippen LogP contribution in [0.25, 0.3) is 0 Å². The lowest BCUT2D eigenvalue weighted by Gasteiger charge is -2.10. The average molecular weight is 445 g/mol. The van der Waals surface area contributed by atoms with Crippen LogP contribution in [0.2, 0.25) is 10.0 Å². The SMILES string of the molecule is COc1ccccc1OCc1ccc(C(=O)OCC(=O)c2ccc(Cl)c(Cl)c2)cc1. The normalized spacial score (nSPS) is 10.4. The van der Waals surface area contributed by atoms with Gasteiger partial charge in [0.15, 0.2) is 23.9 Å². The van der Waals surface area contributed by atoms with E-state index in [9.17, 15) is 9.59 Å². The number of hydrogen-bond acceptors (Lipinski definition) is 5. The van der Waals surface area contributed by atoms with Crippen molar-refractivity contribution in [1.82, 2.24) is 0 Å². The number of benzene rings is 3. The minimum absolute atomic E-state index is 0.264. The first kappa shape index (κ1) is 21.7. The average Bonchev–Trinajstić information content (AvgIpc) is 2.78. The van der Waals surface area contributed by atoms with E-state index in [0.29, 0.717) is 34.3 Å². The molecule has 0 radical (unpaired) electrons. The summed E-state index contributed by atoms with van der Waals surface area (Å²) in [6.45, 7) is -0.0824. The van der Waals surface area contributed by atoms with Crippen LogP contribution >= 0.6 is 23.2 Å². The van der Waals surface area contributed by atoms with Crippen LogP contribution in [0.4, 0.5) is 0 Å². The number of rotatable bonds is 8. The van der Waals surface area contributed by atoms with E-state index in [2.05, 4.69) is 0 Å². The summed E-state index contributed by atoms with van der Waals surface area (Å²) in [6, 6.07) is 18.6. The van der Waals surface area contributed by atoms with Gasteiger partial charge in [0.2, 0.25) is 0 Å². The molecule has 0 amide bonds. The number of Topliss-reactive ketones (excluding diaryl/α,β-unsaturated/α-hetero) is 1. The predicted octanol–water partition coefficient (Wildman–Crippen LogP) is 5.62. The molecular formula is C23H18Cl2O5. The summed E-state index contributed by atoms with van der Waals surface area (Å²) < 4.78 is 16.1.